The summed E-state index contributed by atoms with van der Waals surface area (Å²) in [7, 11) is 0. The molecule has 1 fully saturated rings. The largest absolute Gasteiger partial charge is 0.380 e. The monoisotopic (exact) mass is 171 g/mol. The van der Waals surface area contributed by atoms with E-state index < -0.39 is 0 Å². The minimum Gasteiger partial charge on any atom is -0.380 e. The molecule has 0 radical (unpaired) electrons. The van der Waals surface area contributed by atoms with E-state index in [1.807, 2.05) is 0 Å². The van der Waals surface area contributed by atoms with Gasteiger partial charge in [-0.3, -0.25) is 0 Å². The molecule has 0 spiro atoms. The molecule has 1 rings (SSSR count). The highest BCUT2D eigenvalue weighted by Gasteiger charge is 2.38. The minimum absolute atomic E-state index is 0.462. The predicted molar refractivity (Wildman–Crippen MR) is 51.3 cm³/mol. The van der Waals surface area contributed by atoms with E-state index in [0.29, 0.717) is 5.41 Å². The molecule has 1 heterocycles. The maximum Gasteiger partial charge on any atom is 0.0557 e. The lowest BCUT2D eigenvalue weighted by molar-refractivity contribution is -0.120. The second-order valence-electron chi connectivity index (χ2n) is 4.37. The van der Waals surface area contributed by atoms with Gasteiger partial charge in [0.2, 0.25) is 0 Å². The number of hydrogen-bond acceptors (Lipinski definition) is 2. The Kier molecular flexibility index (Phi) is 3.53. The molecule has 0 aromatic rings. The Morgan fingerprint density at radius 2 is 2.08 bits per heavy atom. The third-order valence-electron chi connectivity index (χ3n) is 2.41. The molecule has 1 aliphatic rings. The van der Waals surface area contributed by atoms with Gasteiger partial charge in [0.25, 0.3) is 0 Å². The molecule has 0 amide bonds. The van der Waals surface area contributed by atoms with E-state index in [4.69, 9.17) is 4.74 Å². The van der Waals surface area contributed by atoms with Crippen LogP contribution in [-0.4, -0.2) is 26.3 Å². The second-order valence-corrected chi connectivity index (χ2v) is 4.37. The molecule has 1 saturated heterocycles. The average Bonchev–Trinajstić information content (AvgIpc) is 1.94. The van der Waals surface area contributed by atoms with Crippen molar-refractivity contribution in [2.75, 3.05) is 26.3 Å². The summed E-state index contributed by atoms with van der Waals surface area (Å²) in [5.41, 5.74) is 0.462. The van der Waals surface area contributed by atoms with Gasteiger partial charge in [-0.05, 0) is 18.9 Å². The predicted octanol–water partition coefficient (Wildman–Crippen LogP) is 1.66. The van der Waals surface area contributed by atoms with Crippen molar-refractivity contribution in [3.05, 3.63) is 0 Å². The summed E-state index contributed by atoms with van der Waals surface area (Å²) in [4.78, 5) is 0. The van der Waals surface area contributed by atoms with Gasteiger partial charge in [0.15, 0.2) is 0 Å². The van der Waals surface area contributed by atoms with Crippen molar-refractivity contribution in [3.63, 3.8) is 0 Å². The van der Waals surface area contributed by atoms with E-state index in [2.05, 4.69) is 26.1 Å². The van der Waals surface area contributed by atoms with Gasteiger partial charge in [-0.25, -0.2) is 0 Å². The zero-order valence-corrected chi connectivity index (χ0v) is 8.52. The Labute approximate surface area is 75.7 Å². The molecule has 2 heteroatoms. The Morgan fingerprint density at radius 1 is 1.42 bits per heavy atom. The maximum absolute atomic E-state index is 5.30. The summed E-state index contributed by atoms with van der Waals surface area (Å²) in [6.07, 6.45) is 1.29. The van der Waals surface area contributed by atoms with Crippen LogP contribution in [0.3, 0.4) is 0 Å². The summed E-state index contributed by atoms with van der Waals surface area (Å²) in [5, 5.41) is 3.42. The van der Waals surface area contributed by atoms with Crippen molar-refractivity contribution in [2.24, 2.45) is 11.3 Å². The fourth-order valence-corrected chi connectivity index (χ4v) is 1.94. The van der Waals surface area contributed by atoms with Crippen LogP contribution < -0.4 is 5.32 Å². The van der Waals surface area contributed by atoms with Crippen molar-refractivity contribution < 1.29 is 4.74 Å². The van der Waals surface area contributed by atoms with Gasteiger partial charge in [0.1, 0.15) is 0 Å². The first-order chi connectivity index (χ1) is 5.68. The topological polar surface area (TPSA) is 21.3 Å². The fraction of sp³-hybridized carbons (Fsp3) is 1.00. The molecule has 12 heavy (non-hydrogen) atoms. The number of ether oxygens (including phenoxy) is 1. The molecule has 0 atom stereocenters. The van der Waals surface area contributed by atoms with Crippen LogP contribution in [0.25, 0.3) is 0 Å². The van der Waals surface area contributed by atoms with E-state index in [0.717, 1.165) is 32.2 Å². The zero-order chi connectivity index (χ0) is 9.03. The van der Waals surface area contributed by atoms with Crippen LogP contribution in [0.4, 0.5) is 0 Å². The molecule has 72 valence electrons. The smallest absolute Gasteiger partial charge is 0.0557 e. The van der Waals surface area contributed by atoms with Crippen LogP contribution >= 0.6 is 0 Å². The SMILES string of the molecule is CCNCC1(CC(C)C)COC1. The third-order valence-corrected chi connectivity index (χ3v) is 2.41. The first-order valence-electron chi connectivity index (χ1n) is 4.97. The summed E-state index contributed by atoms with van der Waals surface area (Å²) in [5.74, 6) is 0.785. The highest BCUT2D eigenvalue weighted by Crippen LogP contribution is 2.33. The number of rotatable bonds is 5. The molecular weight excluding hydrogens is 150 g/mol. The number of hydrogen-bond donors (Lipinski definition) is 1. The summed E-state index contributed by atoms with van der Waals surface area (Å²) in [6, 6.07) is 0. The second kappa shape index (κ2) is 4.24. The molecule has 0 aromatic heterocycles. The van der Waals surface area contributed by atoms with E-state index in [-0.39, 0.29) is 0 Å². The molecule has 0 aromatic carbocycles. The van der Waals surface area contributed by atoms with E-state index in [9.17, 15) is 0 Å². The lowest BCUT2D eigenvalue weighted by Gasteiger charge is -2.43. The molecule has 0 aliphatic carbocycles. The van der Waals surface area contributed by atoms with Crippen LogP contribution in [0.15, 0.2) is 0 Å². The zero-order valence-electron chi connectivity index (χ0n) is 8.52. The van der Waals surface area contributed by atoms with Crippen LogP contribution in [0.5, 0.6) is 0 Å². The van der Waals surface area contributed by atoms with Gasteiger partial charge in [-0.1, -0.05) is 20.8 Å². The molecule has 2 nitrogen and oxygen atoms in total. The quantitative estimate of drug-likeness (QED) is 0.679. The van der Waals surface area contributed by atoms with Crippen LogP contribution in [0.2, 0.25) is 0 Å². The summed E-state index contributed by atoms with van der Waals surface area (Å²) >= 11 is 0. The lowest BCUT2D eigenvalue weighted by atomic mass is 9.78. The van der Waals surface area contributed by atoms with Crippen LogP contribution in [0.1, 0.15) is 27.2 Å². The Bertz CT molecular complexity index is 130. The molecule has 0 unspecified atom stereocenters. The minimum atomic E-state index is 0.462. The standard InChI is InChI=1S/C10H21NO/c1-4-11-6-10(5-9(2)3)7-12-8-10/h9,11H,4-8H2,1-3H3. The van der Waals surface area contributed by atoms with Crippen molar-refractivity contribution in [3.8, 4) is 0 Å². The normalized spacial score (nSPS) is 21.0. The summed E-state index contributed by atoms with van der Waals surface area (Å²) < 4.78 is 5.30. The molecule has 1 N–H and O–H groups in total. The summed E-state index contributed by atoms with van der Waals surface area (Å²) in [6.45, 7) is 10.8. The van der Waals surface area contributed by atoms with E-state index in [1.54, 1.807) is 0 Å². The molecular formula is C10H21NO. The highest BCUT2D eigenvalue weighted by atomic mass is 16.5. The van der Waals surface area contributed by atoms with Gasteiger partial charge in [-0.2, -0.15) is 0 Å². The third kappa shape index (κ3) is 2.46. The first-order valence-corrected chi connectivity index (χ1v) is 4.97. The lowest BCUT2D eigenvalue weighted by Crippen LogP contribution is -2.50. The van der Waals surface area contributed by atoms with E-state index in [1.165, 1.54) is 6.42 Å². The van der Waals surface area contributed by atoms with E-state index >= 15 is 0 Å². The molecule has 0 bridgehead atoms. The Morgan fingerprint density at radius 3 is 2.42 bits per heavy atom. The van der Waals surface area contributed by atoms with Crippen molar-refractivity contribution in [1.82, 2.24) is 5.32 Å². The maximum atomic E-state index is 5.30. The van der Waals surface area contributed by atoms with Crippen molar-refractivity contribution in [2.45, 2.75) is 27.2 Å². The van der Waals surface area contributed by atoms with Crippen molar-refractivity contribution >= 4 is 0 Å². The molecule has 1 aliphatic heterocycles. The Balaban J connectivity index is 2.29. The number of nitrogens with one attached hydrogen (secondary N) is 1. The van der Waals surface area contributed by atoms with Crippen molar-refractivity contribution in [1.29, 1.82) is 0 Å². The van der Waals surface area contributed by atoms with Gasteiger partial charge < -0.3 is 10.1 Å². The van der Waals surface area contributed by atoms with Gasteiger partial charge in [-0.15, -0.1) is 0 Å². The van der Waals surface area contributed by atoms with Crippen LogP contribution in [-0.2, 0) is 4.74 Å². The average molecular weight is 171 g/mol. The van der Waals surface area contributed by atoms with Gasteiger partial charge in [0.05, 0.1) is 13.2 Å². The van der Waals surface area contributed by atoms with Gasteiger partial charge in [0, 0.05) is 12.0 Å². The highest BCUT2D eigenvalue weighted by molar-refractivity contribution is 4.88. The fourth-order valence-electron chi connectivity index (χ4n) is 1.94. The first kappa shape index (κ1) is 10.0. The van der Waals surface area contributed by atoms with Gasteiger partial charge >= 0.3 is 0 Å². The molecule has 0 saturated carbocycles. The van der Waals surface area contributed by atoms with Crippen LogP contribution in [0, 0.1) is 11.3 Å². The Hall–Kier alpha value is -0.0800.